The number of anilines is 2. The third-order valence-electron chi connectivity index (χ3n) is 4.92. The van der Waals surface area contributed by atoms with E-state index in [2.05, 4.69) is 5.32 Å². The first-order valence-electron chi connectivity index (χ1n) is 9.95. The number of hydrogen-bond donors (Lipinski definition) is 1. The zero-order valence-corrected chi connectivity index (χ0v) is 17.4. The average Bonchev–Trinajstić information content (AvgIpc) is 3.11. The second-order valence-electron chi connectivity index (χ2n) is 7.28. The molecule has 0 aliphatic carbocycles. The number of aryl methyl sites for hydroxylation is 2. The molecule has 0 radical (unpaired) electrons. The minimum atomic E-state index is -0.596. The SMILES string of the molecule is CCOc1ccccc1NC(=O)COC(=O)[C@@H]1CC(=O)N(c2cc(C)ccc2C)C1. The molecule has 158 valence electrons. The van der Waals surface area contributed by atoms with E-state index >= 15 is 0 Å². The number of nitrogens with zero attached hydrogens (tertiary/aromatic N) is 1. The van der Waals surface area contributed by atoms with Crippen molar-refractivity contribution >= 4 is 29.2 Å². The molecule has 1 heterocycles. The molecule has 2 amide bonds. The highest BCUT2D eigenvalue weighted by molar-refractivity contribution is 6.00. The van der Waals surface area contributed by atoms with Gasteiger partial charge in [0, 0.05) is 18.7 Å². The zero-order valence-electron chi connectivity index (χ0n) is 17.4. The van der Waals surface area contributed by atoms with E-state index in [1.54, 1.807) is 29.2 Å². The summed E-state index contributed by atoms with van der Waals surface area (Å²) in [5, 5.41) is 2.68. The zero-order chi connectivity index (χ0) is 21.7. The predicted octanol–water partition coefficient (Wildman–Crippen LogP) is 3.24. The van der Waals surface area contributed by atoms with Gasteiger partial charge in [0.25, 0.3) is 5.91 Å². The van der Waals surface area contributed by atoms with Gasteiger partial charge in [0.05, 0.1) is 18.2 Å². The summed E-state index contributed by atoms with van der Waals surface area (Å²) >= 11 is 0. The Morgan fingerprint density at radius 1 is 1.17 bits per heavy atom. The van der Waals surface area contributed by atoms with Gasteiger partial charge in [-0.05, 0) is 50.1 Å². The van der Waals surface area contributed by atoms with Crippen LogP contribution in [0.2, 0.25) is 0 Å². The van der Waals surface area contributed by atoms with Crippen molar-refractivity contribution in [2.24, 2.45) is 5.92 Å². The lowest BCUT2D eigenvalue weighted by Crippen LogP contribution is -2.28. The number of carbonyl (C=O) groups is 3. The Morgan fingerprint density at radius 2 is 1.93 bits per heavy atom. The van der Waals surface area contributed by atoms with Gasteiger partial charge in [0.1, 0.15) is 5.75 Å². The van der Waals surface area contributed by atoms with E-state index in [0.29, 0.717) is 18.0 Å². The highest BCUT2D eigenvalue weighted by atomic mass is 16.5. The molecule has 1 atom stereocenters. The van der Waals surface area contributed by atoms with Crippen LogP contribution in [-0.4, -0.2) is 37.5 Å². The minimum absolute atomic E-state index is 0.0704. The van der Waals surface area contributed by atoms with Crippen LogP contribution in [0.1, 0.15) is 24.5 Å². The van der Waals surface area contributed by atoms with Gasteiger partial charge >= 0.3 is 5.97 Å². The smallest absolute Gasteiger partial charge is 0.311 e. The van der Waals surface area contributed by atoms with Crippen LogP contribution in [0.25, 0.3) is 0 Å². The van der Waals surface area contributed by atoms with Crippen LogP contribution >= 0.6 is 0 Å². The molecule has 30 heavy (non-hydrogen) atoms. The number of carbonyl (C=O) groups excluding carboxylic acids is 3. The fourth-order valence-electron chi connectivity index (χ4n) is 3.40. The van der Waals surface area contributed by atoms with E-state index in [9.17, 15) is 14.4 Å². The normalized spacial score (nSPS) is 15.8. The Bertz CT molecular complexity index is 956. The summed E-state index contributed by atoms with van der Waals surface area (Å²) in [6.07, 6.45) is 0.0704. The lowest BCUT2D eigenvalue weighted by molar-refractivity contribution is -0.151. The Hall–Kier alpha value is -3.35. The van der Waals surface area contributed by atoms with Crippen LogP contribution < -0.4 is 15.0 Å². The van der Waals surface area contributed by atoms with E-state index in [0.717, 1.165) is 16.8 Å². The average molecular weight is 410 g/mol. The molecule has 1 aliphatic rings. The summed E-state index contributed by atoms with van der Waals surface area (Å²) in [4.78, 5) is 38.7. The summed E-state index contributed by atoms with van der Waals surface area (Å²) in [6, 6.07) is 12.9. The maximum atomic E-state index is 12.5. The summed E-state index contributed by atoms with van der Waals surface area (Å²) in [7, 11) is 0. The Balaban J connectivity index is 1.56. The van der Waals surface area contributed by atoms with Crippen molar-refractivity contribution in [3.8, 4) is 5.75 Å². The summed E-state index contributed by atoms with van der Waals surface area (Å²) in [5.74, 6) is -1.19. The van der Waals surface area contributed by atoms with Crippen LogP contribution in [-0.2, 0) is 19.1 Å². The van der Waals surface area contributed by atoms with E-state index in [1.807, 2.05) is 39.0 Å². The number of benzene rings is 2. The first-order valence-corrected chi connectivity index (χ1v) is 9.95. The van der Waals surface area contributed by atoms with E-state index < -0.39 is 24.4 Å². The van der Waals surface area contributed by atoms with Gasteiger partial charge in [-0.25, -0.2) is 0 Å². The molecule has 0 unspecified atom stereocenters. The second kappa shape index (κ2) is 9.43. The second-order valence-corrected chi connectivity index (χ2v) is 7.28. The van der Waals surface area contributed by atoms with Gasteiger partial charge in [0.15, 0.2) is 6.61 Å². The van der Waals surface area contributed by atoms with E-state index in [1.165, 1.54) is 0 Å². The molecule has 0 saturated carbocycles. The lowest BCUT2D eigenvalue weighted by atomic mass is 10.1. The van der Waals surface area contributed by atoms with Crippen LogP contribution in [0.5, 0.6) is 5.75 Å². The molecule has 0 bridgehead atoms. The molecule has 1 N–H and O–H groups in total. The minimum Gasteiger partial charge on any atom is -0.492 e. The van der Waals surface area contributed by atoms with Crippen LogP contribution in [0.4, 0.5) is 11.4 Å². The lowest BCUT2D eigenvalue weighted by Gasteiger charge is -2.19. The number of ether oxygens (including phenoxy) is 2. The quantitative estimate of drug-likeness (QED) is 0.709. The van der Waals surface area contributed by atoms with Crippen molar-refractivity contribution in [2.75, 3.05) is 30.0 Å². The van der Waals surface area contributed by atoms with E-state index in [4.69, 9.17) is 9.47 Å². The van der Waals surface area contributed by atoms with Gasteiger partial charge in [0.2, 0.25) is 5.91 Å². The number of rotatable bonds is 7. The van der Waals surface area contributed by atoms with Crippen LogP contribution in [0, 0.1) is 19.8 Å². The van der Waals surface area contributed by atoms with Gasteiger partial charge in [-0.15, -0.1) is 0 Å². The predicted molar refractivity (Wildman–Crippen MR) is 114 cm³/mol. The maximum Gasteiger partial charge on any atom is 0.311 e. The molecule has 1 fully saturated rings. The molecular formula is C23H26N2O5. The highest BCUT2D eigenvalue weighted by Crippen LogP contribution is 2.29. The first-order chi connectivity index (χ1) is 14.4. The Kier molecular flexibility index (Phi) is 6.72. The van der Waals surface area contributed by atoms with Crippen molar-refractivity contribution in [3.05, 3.63) is 53.6 Å². The third-order valence-corrected chi connectivity index (χ3v) is 4.92. The Labute approximate surface area is 176 Å². The molecule has 2 aromatic rings. The molecule has 3 rings (SSSR count). The fraction of sp³-hybridized carbons (Fsp3) is 0.348. The van der Waals surface area contributed by atoms with Crippen LogP contribution in [0.15, 0.2) is 42.5 Å². The van der Waals surface area contributed by atoms with Gasteiger partial charge in [-0.1, -0.05) is 24.3 Å². The maximum absolute atomic E-state index is 12.5. The number of para-hydroxylation sites is 2. The third kappa shape index (κ3) is 4.97. The van der Waals surface area contributed by atoms with Crippen molar-refractivity contribution in [2.45, 2.75) is 27.2 Å². The number of esters is 1. The van der Waals surface area contributed by atoms with Crippen LogP contribution in [0.3, 0.4) is 0 Å². The number of hydrogen-bond acceptors (Lipinski definition) is 5. The Morgan fingerprint density at radius 3 is 2.70 bits per heavy atom. The number of amides is 2. The van der Waals surface area contributed by atoms with Crippen molar-refractivity contribution in [3.63, 3.8) is 0 Å². The molecule has 0 aromatic heterocycles. The van der Waals surface area contributed by atoms with Crippen molar-refractivity contribution in [1.82, 2.24) is 0 Å². The molecule has 1 saturated heterocycles. The molecule has 2 aromatic carbocycles. The number of nitrogens with one attached hydrogen (secondary N) is 1. The summed E-state index contributed by atoms with van der Waals surface area (Å²) in [5.41, 5.74) is 3.33. The molecule has 7 nitrogen and oxygen atoms in total. The first kappa shape index (κ1) is 21.4. The molecule has 1 aliphatic heterocycles. The summed E-state index contributed by atoms with van der Waals surface area (Å²) < 4.78 is 10.6. The van der Waals surface area contributed by atoms with Crippen molar-refractivity contribution < 1.29 is 23.9 Å². The van der Waals surface area contributed by atoms with Gasteiger partial charge in [-0.3, -0.25) is 14.4 Å². The van der Waals surface area contributed by atoms with Crippen molar-refractivity contribution in [1.29, 1.82) is 0 Å². The van der Waals surface area contributed by atoms with Gasteiger partial charge in [-0.2, -0.15) is 0 Å². The standard InChI is InChI=1S/C23H26N2O5/c1-4-29-20-8-6-5-7-18(20)24-21(26)14-30-23(28)17-12-22(27)25(13-17)19-11-15(2)9-10-16(19)3/h5-11,17H,4,12-14H2,1-3H3,(H,24,26)/t17-/m1/s1. The monoisotopic (exact) mass is 410 g/mol. The largest absolute Gasteiger partial charge is 0.492 e. The van der Waals surface area contributed by atoms with Gasteiger partial charge < -0.3 is 19.7 Å². The molecule has 7 heteroatoms. The topological polar surface area (TPSA) is 84.9 Å². The highest BCUT2D eigenvalue weighted by Gasteiger charge is 2.36. The fourth-order valence-corrected chi connectivity index (χ4v) is 3.40. The molecule has 0 spiro atoms. The van der Waals surface area contributed by atoms with E-state index in [-0.39, 0.29) is 18.9 Å². The summed E-state index contributed by atoms with van der Waals surface area (Å²) in [6.45, 7) is 6.03. The molecular weight excluding hydrogens is 384 g/mol.